The van der Waals surface area contributed by atoms with E-state index in [1.54, 1.807) is 6.07 Å². The Hall–Kier alpha value is -2.34. The van der Waals surface area contributed by atoms with Gasteiger partial charge in [0.05, 0.1) is 0 Å². The summed E-state index contributed by atoms with van der Waals surface area (Å²) in [6.45, 7) is 4.17. The minimum Gasteiger partial charge on any atom is -0.483 e. The van der Waals surface area contributed by atoms with E-state index in [-0.39, 0.29) is 6.61 Å². The maximum atomic E-state index is 11.5. The number of para-hydroxylation sites is 1. The molecule has 1 aromatic carbocycles. The molecule has 0 bridgehead atoms. The summed E-state index contributed by atoms with van der Waals surface area (Å²) in [5, 5.41) is 7.61. The summed E-state index contributed by atoms with van der Waals surface area (Å²) in [4.78, 5) is 22.8. The Labute approximate surface area is 118 Å². The summed E-state index contributed by atoms with van der Waals surface area (Å²) in [5.74, 6) is 0.106. The van der Waals surface area contributed by atoms with E-state index in [1.165, 1.54) is 6.08 Å². The van der Waals surface area contributed by atoms with Crippen LogP contribution in [-0.2, 0) is 11.3 Å². The Balaban J connectivity index is 2.44. The van der Waals surface area contributed by atoms with Crippen LogP contribution in [0.5, 0.6) is 5.75 Å². The van der Waals surface area contributed by atoms with Crippen molar-refractivity contribution in [3.05, 3.63) is 42.5 Å². The van der Waals surface area contributed by atoms with E-state index >= 15 is 0 Å². The highest BCUT2D eigenvalue weighted by Crippen LogP contribution is 2.17. The van der Waals surface area contributed by atoms with Gasteiger partial charge in [-0.25, -0.2) is 4.79 Å². The van der Waals surface area contributed by atoms with Crippen molar-refractivity contribution in [2.75, 3.05) is 20.2 Å². The second-order valence-electron chi connectivity index (χ2n) is 3.97. The maximum Gasteiger partial charge on any atom is 0.321 e. The molecular weight excluding hydrogens is 258 g/mol. The average molecular weight is 277 g/mol. The van der Waals surface area contributed by atoms with Gasteiger partial charge in [-0.1, -0.05) is 24.3 Å². The quantitative estimate of drug-likeness (QED) is 0.644. The van der Waals surface area contributed by atoms with Crippen LogP contribution in [0.4, 0.5) is 4.79 Å². The molecule has 1 rings (SSSR count). The minimum absolute atomic E-state index is 0.220. The van der Waals surface area contributed by atoms with Crippen molar-refractivity contribution in [3.63, 3.8) is 0 Å². The standard InChI is InChI=1S/C14H19N3O3/c1-3-8-16-14(19)17-13(18)10-20-12-7-5-4-6-11(12)9-15-2/h3-7,15H,1,8-10H2,2H3,(H2,16,17,18,19). The van der Waals surface area contributed by atoms with Crippen molar-refractivity contribution >= 4 is 11.9 Å². The predicted molar refractivity (Wildman–Crippen MR) is 76.4 cm³/mol. The summed E-state index contributed by atoms with van der Waals surface area (Å²) in [7, 11) is 1.83. The number of carbonyl (C=O) groups excluding carboxylic acids is 2. The second-order valence-corrected chi connectivity index (χ2v) is 3.97. The molecule has 0 aliphatic heterocycles. The van der Waals surface area contributed by atoms with Crippen molar-refractivity contribution in [3.8, 4) is 5.75 Å². The van der Waals surface area contributed by atoms with Gasteiger partial charge in [0.2, 0.25) is 0 Å². The zero-order chi connectivity index (χ0) is 14.8. The Morgan fingerprint density at radius 2 is 2.10 bits per heavy atom. The van der Waals surface area contributed by atoms with Crippen LogP contribution >= 0.6 is 0 Å². The Morgan fingerprint density at radius 1 is 1.35 bits per heavy atom. The SMILES string of the molecule is C=CCNC(=O)NC(=O)COc1ccccc1CNC. The van der Waals surface area contributed by atoms with Crippen molar-refractivity contribution in [1.82, 2.24) is 16.0 Å². The molecule has 6 heteroatoms. The fourth-order valence-corrected chi connectivity index (χ4v) is 1.50. The lowest BCUT2D eigenvalue weighted by Gasteiger charge is -2.11. The fourth-order valence-electron chi connectivity index (χ4n) is 1.50. The third-order valence-electron chi connectivity index (χ3n) is 2.36. The van der Waals surface area contributed by atoms with Gasteiger partial charge in [0.1, 0.15) is 5.75 Å². The Morgan fingerprint density at radius 3 is 2.80 bits per heavy atom. The lowest BCUT2D eigenvalue weighted by atomic mass is 10.2. The number of imide groups is 1. The molecule has 20 heavy (non-hydrogen) atoms. The lowest BCUT2D eigenvalue weighted by Crippen LogP contribution is -2.41. The van der Waals surface area contributed by atoms with Gasteiger partial charge in [0.25, 0.3) is 5.91 Å². The summed E-state index contributed by atoms with van der Waals surface area (Å²) in [6.07, 6.45) is 1.52. The molecule has 3 N–H and O–H groups in total. The van der Waals surface area contributed by atoms with E-state index in [0.717, 1.165) is 5.56 Å². The van der Waals surface area contributed by atoms with Gasteiger partial charge in [-0.2, -0.15) is 0 Å². The first-order valence-corrected chi connectivity index (χ1v) is 6.21. The molecule has 0 aromatic heterocycles. The largest absolute Gasteiger partial charge is 0.483 e. The zero-order valence-electron chi connectivity index (χ0n) is 11.4. The number of carbonyl (C=O) groups is 2. The fraction of sp³-hybridized carbons (Fsp3) is 0.286. The van der Waals surface area contributed by atoms with Gasteiger partial charge in [0, 0.05) is 18.7 Å². The maximum absolute atomic E-state index is 11.5. The van der Waals surface area contributed by atoms with E-state index in [2.05, 4.69) is 22.5 Å². The summed E-state index contributed by atoms with van der Waals surface area (Å²) in [6, 6.07) is 6.83. The number of hydrogen-bond donors (Lipinski definition) is 3. The zero-order valence-corrected chi connectivity index (χ0v) is 11.4. The third-order valence-corrected chi connectivity index (χ3v) is 2.36. The molecule has 0 unspecified atom stereocenters. The summed E-state index contributed by atoms with van der Waals surface area (Å²) < 4.78 is 5.40. The van der Waals surface area contributed by atoms with Crippen LogP contribution in [0, 0.1) is 0 Å². The van der Waals surface area contributed by atoms with Crippen molar-refractivity contribution in [1.29, 1.82) is 0 Å². The first kappa shape index (κ1) is 15.7. The van der Waals surface area contributed by atoms with Gasteiger partial charge >= 0.3 is 6.03 Å². The molecule has 3 amide bonds. The normalized spacial score (nSPS) is 9.65. The van der Waals surface area contributed by atoms with Gasteiger partial charge in [-0.3, -0.25) is 10.1 Å². The molecule has 0 radical (unpaired) electrons. The molecule has 6 nitrogen and oxygen atoms in total. The van der Waals surface area contributed by atoms with Crippen LogP contribution < -0.4 is 20.7 Å². The van der Waals surface area contributed by atoms with Gasteiger partial charge in [-0.05, 0) is 13.1 Å². The molecule has 0 saturated carbocycles. The molecule has 0 heterocycles. The summed E-state index contributed by atoms with van der Waals surface area (Å²) >= 11 is 0. The molecular formula is C14H19N3O3. The van der Waals surface area contributed by atoms with Crippen molar-refractivity contribution in [2.45, 2.75) is 6.54 Å². The molecule has 0 spiro atoms. The number of ether oxygens (including phenoxy) is 1. The van der Waals surface area contributed by atoms with E-state index < -0.39 is 11.9 Å². The highest BCUT2D eigenvalue weighted by atomic mass is 16.5. The van der Waals surface area contributed by atoms with Crippen LogP contribution in [0.1, 0.15) is 5.56 Å². The predicted octanol–water partition coefficient (Wildman–Crippen LogP) is 0.797. The number of hydrogen-bond acceptors (Lipinski definition) is 4. The van der Waals surface area contributed by atoms with Crippen LogP contribution in [0.3, 0.4) is 0 Å². The van der Waals surface area contributed by atoms with E-state index in [9.17, 15) is 9.59 Å². The molecule has 108 valence electrons. The van der Waals surface area contributed by atoms with Crippen molar-refractivity contribution in [2.24, 2.45) is 0 Å². The number of rotatable bonds is 7. The molecule has 0 saturated heterocycles. The van der Waals surface area contributed by atoms with Crippen molar-refractivity contribution < 1.29 is 14.3 Å². The summed E-state index contributed by atoms with van der Waals surface area (Å²) in [5.41, 5.74) is 0.943. The van der Waals surface area contributed by atoms with Crippen LogP contribution in [0.15, 0.2) is 36.9 Å². The molecule has 0 aliphatic carbocycles. The van der Waals surface area contributed by atoms with Crippen LogP contribution in [0.2, 0.25) is 0 Å². The van der Waals surface area contributed by atoms with Gasteiger partial charge in [-0.15, -0.1) is 6.58 Å². The van der Waals surface area contributed by atoms with Gasteiger partial charge in [0.15, 0.2) is 6.61 Å². The van der Waals surface area contributed by atoms with Crippen LogP contribution in [-0.4, -0.2) is 32.1 Å². The monoisotopic (exact) mass is 277 g/mol. The molecule has 0 aliphatic rings. The highest BCUT2D eigenvalue weighted by Gasteiger charge is 2.09. The van der Waals surface area contributed by atoms with E-state index in [1.807, 2.05) is 25.2 Å². The number of urea groups is 1. The number of nitrogens with one attached hydrogen (secondary N) is 3. The average Bonchev–Trinajstić information content (AvgIpc) is 2.44. The number of amides is 3. The lowest BCUT2D eigenvalue weighted by molar-refractivity contribution is -0.122. The smallest absolute Gasteiger partial charge is 0.321 e. The first-order valence-electron chi connectivity index (χ1n) is 6.21. The topological polar surface area (TPSA) is 79.5 Å². The molecule has 0 atom stereocenters. The van der Waals surface area contributed by atoms with E-state index in [0.29, 0.717) is 18.8 Å². The minimum atomic E-state index is -0.568. The molecule has 1 aromatic rings. The Bertz CT molecular complexity index is 474. The molecule has 0 fully saturated rings. The third kappa shape index (κ3) is 5.53. The van der Waals surface area contributed by atoms with E-state index in [4.69, 9.17) is 4.74 Å². The first-order chi connectivity index (χ1) is 9.67. The Kier molecular flexibility index (Phi) is 6.84. The highest BCUT2D eigenvalue weighted by molar-refractivity contribution is 5.95. The second kappa shape index (κ2) is 8.71. The van der Waals surface area contributed by atoms with Gasteiger partial charge < -0.3 is 15.4 Å². The van der Waals surface area contributed by atoms with Crippen LogP contribution in [0.25, 0.3) is 0 Å². The number of benzene rings is 1.